The van der Waals surface area contributed by atoms with Gasteiger partial charge in [-0.1, -0.05) is 0 Å². The van der Waals surface area contributed by atoms with Gasteiger partial charge in [0.2, 0.25) is 0 Å². The van der Waals surface area contributed by atoms with Gasteiger partial charge in [-0.15, -0.1) is 0 Å². The molecule has 0 saturated heterocycles. The van der Waals surface area contributed by atoms with Gasteiger partial charge in [0.1, 0.15) is 22.8 Å². The van der Waals surface area contributed by atoms with E-state index in [-0.39, 0.29) is 38.2 Å². The Hall–Kier alpha value is 1.72. The van der Waals surface area contributed by atoms with Crippen molar-refractivity contribution in [1.29, 1.82) is 0 Å². The quantitative estimate of drug-likeness (QED) is 0.476. The summed E-state index contributed by atoms with van der Waals surface area (Å²) < 4.78 is 41.2. The van der Waals surface area contributed by atoms with Crippen LogP contribution in [0.4, 0.5) is 0 Å². The summed E-state index contributed by atoms with van der Waals surface area (Å²) in [6.45, 7) is 3.06. The first-order valence-electron chi connectivity index (χ1n) is 4.21. The third-order valence-corrected chi connectivity index (χ3v) is 2.98. The summed E-state index contributed by atoms with van der Waals surface area (Å²) in [4.78, 5) is 29.4. The summed E-state index contributed by atoms with van der Waals surface area (Å²) in [5, 5.41) is 0. The third kappa shape index (κ3) is 53.9. The molecule has 0 N–H and O–H groups in total. The smallest absolute Gasteiger partial charge is 0.779 e. The molecule has 19 heavy (non-hydrogen) atoms. The van der Waals surface area contributed by atoms with Gasteiger partial charge in [0.25, 0.3) is 0 Å². The van der Waals surface area contributed by atoms with E-state index in [1.165, 1.54) is 0 Å². The van der Waals surface area contributed by atoms with Gasteiger partial charge in [0, 0.05) is 41.3 Å². The maximum absolute atomic E-state index is 9.81. The SMILES string of the molecule is COP(C)(=O)[O-].COP(C)(=O)[O-].COP(C)(=O)[O-].[Dy+3]. The molecule has 0 fully saturated rings. The van der Waals surface area contributed by atoms with E-state index in [1.54, 1.807) is 0 Å². The molecule has 0 aromatic heterocycles. The fourth-order valence-electron chi connectivity index (χ4n) is 0. The molecule has 0 saturated carbocycles. The van der Waals surface area contributed by atoms with E-state index in [2.05, 4.69) is 13.6 Å². The Balaban J connectivity index is -0.0000000865. The molecule has 13 heteroatoms. The summed E-state index contributed by atoms with van der Waals surface area (Å²) in [7, 11) is -6.79. The second kappa shape index (κ2) is 13.4. The van der Waals surface area contributed by atoms with E-state index >= 15 is 0 Å². The number of hydrogen-bond donors (Lipinski definition) is 0. The summed E-state index contributed by atoms with van der Waals surface area (Å²) in [5.74, 6) is 0. The minimum atomic E-state index is -3.40. The van der Waals surface area contributed by atoms with Crippen molar-refractivity contribution in [3.8, 4) is 0 Å². The molecule has 0 amide bonds. The summed E-state index contributed by atoms with van der Waals surface area (Å²) in [6.07, 6.45) is 0. The zero-order valence-corrected chi connectivity index (χ0v) is 16.0. The number of rotatable bonds is 3. The maximum atomic E-state index is 9.81. The van der Waals surface area contributed by atoms with Crippen LogP contribution in [0.5, 0.6) is 0 Å². The molecule has 3 unspecified atom stereocenters. The topological polar surface area (TPSA) is 148 Å². The second-order valence-electron chi connectivity index (χ2n) is 2.86. The maximum Gasteiger partial charge on any atom is 3.00 e. The van der Waals surface area contributed by atoms with Gasteiger partial charge in [0.05, 0.1) is 0 Å². The van der Waals surface area contributed by atoms with Crippen LogP contribution < -0.4 is 14.7 Å². The van der Waals surface area contributed by atoms with Gasteiger partial charge in [-0.25, -0.2) is 0 Å². The van der Waals surface area contributed by atoms with E-state index in [1.807, 2.05) is 0 Å². The average molecular weight is 490 g/mol. The summed E-state index contributed by atoms with van der Waals surface area (Å²) >= 11 is 0. The Kier molecular flexibility index (Phi) is 20.3. The van der Waals surface area contributed by atoms with E-state index < -0.39 is 22.8 Å². The first kappa shape index (κ1) is 28.8. The van der Waals surface area contributed by atoms with Crippen molar-refractivity contribution in [2.45, 2.75) is 0 Å². The molecule has 1 radical (unpaired) electrons. The summed E-state index contributed by atoms with van der Waals surface area (Å²) in [6, 6.07) is 0. The van der Waals surface area contributed by atoms with E-state index in [0.29, 0.717) is 0 Å². The zero-order valence-electron chi connectivity index (χ0n) is 11.3. The minimum Gasteiger partial charge on any atom is -0.779 e. The molecule has 0 heterocycles. The van der Waals surface area contributed by atoms with Crippen LogP contribution in [0.3, 0.4) is 0 Å². The molecule has 0 aliphatic rings. The molecule has 0 aliphatic carbocycles. The van der Waals surface area contributed by atoms with Crippen LogP contribution in [0.1, 0.15) is 0 Å². The van der Waals surface area contributed by atoms with Crippen molar-refractivity contribution in [3.63, 3.8) is 0 Å². The van der Waals surface area contributed by atoms with Crippen molar-refractivity contribution in [2.24, 2.45) is 0 Å². The molecule has 3 atom stereocenters. The molecule has 0 aliphatic heterocycles. The van der Waals surface area contributed by atoms with Gasteiger partial charge in [0.15, 0.2) is 0 Å². The predicted molar refractivity (Wildman–Crippen MR) is 61.6 cm³/mol. The fourth-order valence-corrected chi connectivity index (χ4v) is 0. The van der Waals surface area contributed by atoms with Crippen molar-refractivity contribution >= 4 is 22.8 Å². The molecular weight excluding hydrogens is 471 g/mol. The van der Waals surface area contributed by atoms with E-state index in [0.717, 1.165) is 41.3 Å². The minimum absolute atomic E-state index is 0. The van der Waals surface area contributed by atoms with Crippen LogP contribution in [0, 0.1) is 38.2 Å². The van der Waals surface area contributed by atoms with Gasteiger partial charge < -0.3 is 41.9 Å². The molecule has 0 aromatic carbocycles. The van der Waals surface area contributed by atoms with Crippen molar-refractivity contribution in [3.05, 3.63) is 0 Å². The third-order valence-electron chi connectivity index (χ3n) is 0.995. The first-order chi connectivity index (χ1) is 7.68. The van der Waals surface area contributed by atoms with Gasteiger partial charge in [-0.05, 0) is 0 Å². The first-order valence-corrected chi connectivity index (χ1v) is 10.2. The molecule has 0 rings (SSSR count). The standard InChI is InChI=1S/3C2H7O3P.Dy/c3*1-5-6(2,3)4;/h3*1-2H3,(H,3,4);/q;;;+3/p-3. The predicted octanol–water partition coefficient (Wildman–Crippen LogP) is -0.552. The van der Waals surface area contributed by atoms with Crippen LogP contribution >= 0.6 is 22.8 Å². The second-order valence-corrected chi connectivity index (χ2v) is 8.59. The van der Waals surface area contributed by atoms with Crippen LogP contribution in [-0.2, 0) is 27.3 Å². The normalized spacial score (nSPS) is 18.8. The van der Waals surface area contributed by atoms with Crippen LogP contribution in [0.15, 0.2) is 0 Å². The Morgan fingerprint density at radius 2 is 0.684 bits per heavy atom. The Morgan fingerprint density at radius 3 is 0.684 bits per heavy atom. The number of hydrogen-bond acceptors (Lipinski definition) is 9. The zero-order chi connectivity index (χ0) is 15.6. The van der Waals surface area contributed by atoms with Crippen molar-refractivity contribution < 1.29 is 80.1 Å². The van der Waals surface area contributed by atoms with Gasteiger partial charge >= 0.3 is 38.2 Å². The van der Waals surface area contributed by atoms with Gasteiger partial charge in [-0.3, -0.25) is 0 Å². The van der Waals surface area contributed by atoms with E-state index in [9.17, 15) is 28.4 Å². The van der Waals surface area contributed by atoms with Crippen LogP contribution in [-0.4, -0.2) is 41.3 Å². The van der Waals surface area contributed by atoms with Crippen LogP contribution in [0.2, 0.25) is 0 Å². The van der Waals surface area contributed by atoms with Crippen LogP contribution in [0.25, 0.3) is 0 Å². The Morgan fingerprint density at radius 1 is 0.632 bits per heavy atom. The fraction of sp³-hybridized carbons (Fsp3) is 1.00. The molecule has 121 valence electrons. The molecule has 0 bridgehead atoms. The molecule has 9 nitrogen and oxygen atoms in total. The van der Waals surface area contributed by atoms with E-state index in [4.69, 9.17) is 0 Å². The van der Waals surface area contributed by atoms with Crippen molar-refractivity contribution in [1.82, 2.24) is 0 Å². The Bertz CT molecular complexity index is 277. The largest absolute Gasteiger partial charge is 3.00 e. The molecule has 0 aromatic rings. The molecular formula is C6H18DyO9P3. The van der Waals surface area contributed by atoms with Gasteiger partial charge in [-0.2, -0.15) is 0 Å². The monoisotopic (exact) mass is 491 g/mol. The average Bonchev–Trinajstić information content (AvgIpc) is 2.16. The van der Waals surface area contributed by atoms with Crippen molar-refractivity contribution in [2.75, 3.05) is 41.3 Å². The molecule has 0 spiro atoms. The Labute approximate surface area is 143 Å². The summed E-state index contributed by atoms with van der Waals surface area (Å²) in [5.41, 5.74) is 0.